The molecule has 0 amide bonds. The Bertz CT molecular complexity index is 578. The van der Waals surface area contributed by atoms with Gasteiger partial charge < -0.3 is 15.4 Å². The van der Waals surface area contributed by atoms with Gasteiger partial charge in [-0.1, -0.05) is 12.1 Å². The Hall–Kier alpha value is -1.68. The van der Waals surface area contributed by atoms with E-state index in [9.17, 15) is 0 Å². The minimum absolute atomic E-state index is 0.773. The van der Waals surface area contributed by atoms with Gasteiger partial charge in [-0.3, -0.25) is 0 Å². The summed E-state index contributed by atoms with van der Waals surface area (Å²) in [6.07, 6.45) is 0. The van der Waals surface area contributed by atoms with Gasteiger partial charge >= 0.3 is 0 Å². The van der Waals surface area contributed by atoms with Crippen LogP contribution in [0.2, 0.25) is 0 Å². The molecule has 3 nitrogen and oxygen atoms in total. The zero-order valence-corrected chi connectivity index (χ0v) is 12.9. The highest BCUT2D eigenvalue weighted by molar-refractivity contribution is 9.10. The van der Waals surface area contributed by atoms with Crippen LogP contribution in [0.4, 0.5) is 17.1 Å². The van der Waals surface area contributed by atoms with Crippen molar-refractivity contribution in [2.75, 3.05) is 24.8 Å². The number of methoxy groups -OCH3 is 1. The van der Waals surface area contributed by atoms with Crippen LogP contribution in [-0.4, -0.2) is 14.2 Å². The lowest BCUT2D eigenvalue weighted by Crippen LogP contribution is -2.13. The molecule has 2 rings (SSSR count). The van der Waals surface area contributed by atoms with Gasteiger partial charge in [-0.15, -0.1) is 0 Å². The number of aryl methyl sites for hydroxylation is 1. The normalized spacial score (nSPS) is 10.3. The number of hydrogen-bond donors (Lipinski definition) is 1. The highest BCUT2D eigenvalue weighted by Crippen LogP contribution is 2.35. The van der Waals surface area contributed by atoms with Crippen LogP contribution in [0.15, 0.2) is 40.9 Å². The molecule has 0 saturated carbocycles. The van der Waals surface area contributed by atoms with Gasteiger partial charge in [0.05, 0.1) is 23.0 Å². The summed E-state index contributed by atoms with van der Waals surface area (Å²) in [7, 11) is 3.66. The molecule has 0 heterocycles. The summed E-state index contributed by atoms with van der Waals surface area (Å²) in [4.78, 5) is 2.08. The Morgan fingerprint density at radius 1 is 1.21 bits per heavy atom. The van der Waals surface area contributed by atoms with Crippen LogP contribution in [0.3, 0.4) is 0 Å². The summed E-state index contributed by atoms with van der Waals surface area (Å²) in [5.74, 6) is 0.815. The van der Waals surface area contributed by atoms with Crippen LogP contribution in [0.25, 0.3) is 0 Å². The fourth-order valence-electron chi connectivity index (χ4n) is 2.13. The van der Waals surface area contributed by atoms with Gasteiger partial charge in [0, 0.05) is 12.7 Å². The Kier molecular flexibility index (Phi) is 4.00. The lowest BCUT2D eigenvalue weighted by Gasteiger charge is -2.24. The number of nitrogens with two attached hydrogens (primary N) is 1. The Labute approximate surface area is 122 Å². The molecule has 19 heavy (non-hydrogen) atoms. The number of benzene rings is 2. The van der Waals surface area contributed by atoms with Gasteiger partial charge in [-0.25, -0.2) is 0 Å². The number of halogens is 1. The van der Waals surface area contributed by atoms with E-state index in [2.05, 4.69) is 33.8 Å². The third kappa shape index (κ3) is 2.68. The van der Waals surface area contributed by atoms with Crippen molar-refractivity contribution in [2.45, 2.75) is 6.92 Å². The molecule has 100 valence electrons. The zero-order valence-electron chi connectivity index (χ0n) is 11.3. The summed E-state index contributed by atoms with van der Waals surface area (Å²) in [5, 5.41) is 0. The van der Waals surface area contributed by atoms with Crippen LogP contribution in [0.5, 0.6) is 5.75 Å². The largest absolute Gasteiger partial charge is 0.496 e. The minimum Gasteiger partial charge on any atom is -0.496 e. The lowest BCUT2D eigenvalue weighted by atomic mass is 10.1. The standard InChI is InChI=1S/C15H17BrN2O/c1-10-5-4-6-13(17)15(10)18(2)11-7-8-14(19-3)12(16)9-11/h4-9H,17H2,1-3H3. The number of nitrogen functional groups attached to an aromatic ring is 1. The molecule has 2 aromatic rings. The van der Waals surface area contributed by atoms with E-state index < -0.39 is 0 Å². The predicted molar refractivity (Wildman–Crippen MR) is 84.3 cm³/mol. The molecule has 0 radical (unpaired) electrons. The summed E-state index contributed by atoms with van der Waals surface area (Å²) in [6.45, 7) is 2.06. The average molecular weight is 321 g/mol. The lowest BCUT2D eigenvalue weighted by molar-refractivity contribution is 0.412. The van der Waals surface area contributed by atoms with Crippen molar-refractivity contribution in [3.8, 4) is 5.75 Å². The smallest absolute Gasteiger partial charge is 0.133 e. The van der Waals surface area contributed by atoms with E-state index in [0.717, 1.165) is 32.8 Å². The van der Waals surface area contributed by atoms with E-state index >= 15 is 0 Å². The molecule has 4 heteroatoms. The van der Waals surface area contributed by atoms with Crippen LogP contribution in [0, 0.1) is 6.92 Å². The zero-order chi connectivity index (χ0) is 14.0. The second kappa shape index (κ2) is 5.53. The number of ether oxygens (including phenoxy) is 1. The summed E-state index contributed by atoms with van der Waals surface area (Å²) in [5.41, 5.74) is 10.1. The van der Waals surface area contributed by atoms with E-state index in [1.54, 1.807) is 7.11 Å². The van der Waals surface area contributed by atoms with Crippen molar-refractivity contribution in [1.29, 1.82) is 0 Å². The van der Waals surface area contributed by atoms with E-state index in [1.165, 1.54) is 0 Å². The first kappa shape index (κ1) is 13.7. The van der Waals surface area contributed by atoms with Gasteiger partial charge in [0.1, 0.15) is 5.75 Å². The van der Waals surface area contributed by atoms with E-state index in [1.807, 2.05) is 37.4 Å². The first-order valence-corrected chi connectivity index (χ1v) is 6.76. The number of rotatable bonds is 3. The van der Waals surface area contributed by atoms with Crippen molar-refractivity contribution < 1.29 is 4.74 Å². The molecule has 0 aliphatic carbocycles. The van der Waals surface area contributed by atoms with E-state index in [4.69, 9.17) is 10.5 Å². The maximum Gasteiger partial charge on any atom is 0.133 e. The number of hydrogen-bond acceptors (Lipinski definition) is 3. The van der Waals surface area contributed by atoms with Gasteiger partial charge in [0.25, 0.3) is 0 Å². The molecule has 0 bridgehead atoms. The number of para-hydroxylation sites is 1. The molecule has 0 saturated heterocycles. The fraction of sp³-hybridized carbons (Fsp3) is 0.200. The monoisotopic (exact) mass is 320 g/mol. The topological polar surface area (TPSA) is 38.5 Å². The second-order valence-corrected chi connectivity index (χ2v) is 5.24. The van der Waals surface area contributed by atoms with Gasteiger partial charge in [-0.2, -0.15) is 0 Å². The molecule has 0 aliphatic rings. The molecule has 0 spiro atoms. The fourth-order valence-corrected chi connectivity index (χ4v) is 2.66. The first-order valence-electron chi connectivity index (χ1n) is 5.97. The molecule has 0 unspecified atom stereocenters. The third-order valence-electron chi connectivity index (χ3n) is 3.13. The van der Waals surface area contributed by atoms with Crippen molar-refractivity contribution in [1.82, 2.24) is 0 Å². The average Bonchev–Trinajstić information content (AvgIpc) is 2.38. The highest BCUT2D eigenvalue weighted by Gasteiger charge is 2.11. The maximum absolute atomic E-state index is 6.08. The molecular formula is C15H17BrN2O. The highest BCUT2D eigenvalue weighted by atomic mass is 79.9. The van der Waals surface area contributed by atoms with Crippen molar-refractivity contribution in [3.63, 3.8) is 0 Å². The van der Waals surface area contributed by atoms with Crippen LogP contribution in [0.1, 0.15) is 5.56 Å². The van der Waals surface area contributed by atoms with Gasteiger partial charge in [-0.05, 0) is 52.7 Å². The molecule has 0 fully saturated rings. The van der Waals surface area contributed by atoms with Crippen molar-refractivity contribution in [2.24, 2.45) is 0 Å². The Balaban J connectivity index is 2.44. The van der Waals surface area contributed by atoms with Crippen LogP contribution >= 0.6 is 15.9 Å². The van der Waals surface area contributed by atoms with Crippen LogP contribution < -0.4 is 15.4 Å². The molecule has 0 atom stereocenters. The maximum atomic E-state index is 6.08. The quantitative estimate of drug-likeness (QED) is 0.865. The van der Waals surface area contributed by atoms with Crippen molar-refractivity contribution >= 4 is 33.0 Å². The predicted octanol–water partition coefficient (Wildman–Crippen LogP) is 4.12. The third-order valence-corrected chi connectivity index (χ3v) is 3.75. The minimum atomic E-state index is 0.773. The first-order chi connectivity index (χ1) is 9.04. The molecule has 2 N–H and O–H groups in total. The van der Waals surface area contributed by atoms with Gasteiger partial charge in [0.2, 0.25) is 0 Å². The molecule has 0 aromatic heterocycles. The summed E-state index contributed by atoms with van der Waals surface area (Å²) in [6, 6.07) is 11.9. The molecular weight excluding hydrogens is 304 g/mol. The summed E-state index contributed by atoms with van der Waals surface area (Å²) < 4.78 is 6.17. The number of anilines is 3. The Morgan fingerprint density at radius 3 is 2.53 bits per heavy atom. The second-order valence-electron chi connectivity index (χ2n) is 4.39. The van der Waals surface area contributed by atoms with E-state index in [0.29, 0.717) is 0 Å². The van der Waals surface area contributed by atoms with Gasteiger partial charge in [0.15, 0.2) is 0 Å². The summed E-state index contributed by atoms with van der Waals surface area (Å²) >= 11 is 3.50. The molecule has 2 aromatic carbocycles. The SMILES string of the molecule is COc1ccc(N(C)c2c(C)cccc2N)cc1Br. The van der Waals surface area contributed by atoms with Crippen molar-refractivity contribution in [3.05, 3.63) is 46.4 Å². The van der Waals surface area contributed by atoms with E-state index in [-0.39, 0.29) is 0 Å². The Morgan fingerprint density at radius 2 is 1.95 bits per heavy atom. The molecule has 0 aliphatic heterocycles. The van der Waals surface area contributed by atoms with Crippen LogP contribution in [-0.2, 0) is 0 Å². The number of nitrogens with zero attached hydrogens (tertiary/aromatic N) is 1.